The molecule has 7 heteroatoms. The van der Waals surface area contributed by atoms with E-state index in [9.17, 15) is 9.18 Å². The Morgan fingerprint density at radius 1 is 1.07 bits per heavy atom. The normalized spacial score (nSPS) is 17.2. The lowest BCUT2D eigenvalue weighted by Gasteiger charge is -2.27. The van der Waals surface area contributed by atoms with Crippen LogP contribution in [0.4, 0.5) is 10.3 Å². The number of morpholine rings is 1. The molecule has 1 aromatic carbocycles. The van der Waals surface area contributed by atoms with E-state index in [4.69, 9.17) is 14.7 Å². The van der Waals surface area contributed by atoms with E-state index in [1.807, 2.05) is 6.92 Å². The fourth-order valence-electron chi connectivity index (χ4n) is 3.79. The molecule has 2 aliphatic heterocycles. The van der Waals surface area contributed by atoms with Crippen LogP contribution in [0.2, 0.25) is 0 Å². The van der Waals surface area contributed by atoms with Crippen molar-refractivity contribution in [2.45, 2.75) is 26.7 Å². The fraction of sp³-hybridized carbons (Fsp3) is 0.476. The third-order valence-electron chi connectivity index (χ3n) is 5.54. The van der Waals surface area contributed by atoms with Gasteiger partial charge in [0.05, 0.1) is 18.9 Å². The molecule has 1 aromatic heterocycles. The minimum absolute atomic E-state index is 0.134. The molecule has 0 atom stereocenters. The maximum atomic E-state index is 13.9. The van der Waals surface area contributed by atoms with Crippen LogP contribution in [0.25, 0.3) is 0 Å². The summed E-state index contributed by atoms with van der Waals surface area (Å²) in [5, 5.41) is 0. The molecule has 0 radical (unpaired) electrons. The van der Waals surface area contributed by atoms with Crippen molar-refractivity contribution in [3.63, 3.8) is 0 Å². The second-order valence-electron chi connectivity index (χ2n) is 7.39. The molecule has 0 unspecified atom stereocenters. The monoisotopic (exact) mass is 384 g/mol. The van der Waals surface area contributed by atoms with Gasteiger partial charge in [0.25, 0.3) is 5.91 Å². The SMILES string of the molecule is Cc1ccc(C(=O)N2CCc3nc(N4CCOCC4)nc(C)c3CC2)cc1F. The number of rotatable bonds is 2. The molecular weight excluding hydrogens is 359 g/mol. The van der Waals surface area contributed by atoms with Gasteiger partial charge in [-0.15, -0.1) is 0 Å². The number of fused-ring (bicyclic) bond motifs is 1. The molecule has 3 heterocycles. The first-order valence-electron chi connectivity index (χ1n) is 9.77. The predicted octanol–water partition coefficient (Wildman–Crippen LogP) is 2.31. The van der Waals surface area contributed by atoms with Crippen molar-refractivity contribution in [2.75, 3.05) is 44.3 Å². The predicted molar refractivity (Wildman–Crippen MR) is 104 cm³/mol. The maximum Gasteiger partial charge on any atom is 0.253 e. The summed E-state index contributed by atoms with van der Waals surface area (Å²) in [7, 11) is 0. The van der Waals surface area contributed by atoms with Gasteiger partial charge in [0.15, 0.2) is 0 Å². The molecule has 6 nitrogen and oxygen atoms in total. The molecule has 4 rings (SSSR count). The largest absolute Gasteiger partial charge is 0.378 e. The lowest BCUT2D eigenvalue weighted by Crippen LogP contribution is -2.37. The van der Waals surface area contributed by atoms with E-state index in [0.29, 0.717) is 50.3 Å². The molecule has 0 spiro atoms. The van der Waals surface area contributed by atoms with E-state index in [0.717, 1.165) is 36.0 Å². The van der Waals surface area contributed by atoms with E-state index in [-0.39, 0.29) is 11.7 Å². The van der Waals surface area contributed by atoms with Gasteiger partial charge in [-0.3, -0.25) is 4.79 Å². The van der Waals surface area contributed by atoms with Crippen molar-refractivity contribution in [3.05, 3.63) is 52.1 Å². The molecule has 0 bridgehead atoms. The van der Waals surface area contributed by atoms with Crippen molar-refractivity contribution in [1.82, 2.24) is 14.9 Å². The van der Waals surface area contributed by atoms with E-state index in [2.05, 4.69) is 4.90 Å². The second-order valence-corrected chi connectivity index (χ2v) is 7.39. The molecule has 1 saturated heterocycles. The summed E-state index contributed by atoms with van der Waals surface area (Å²) in [5.74, 6) is 0.270. The number of ether oxygens (including phenoxy) is 1. The van der Waals surface area contributed by atoms with E-state index in [1.54, 1.807) is 24.0 Å². The van der Waals surface area contributed by atoms with Crippen molar-refractivity contribution in [3.8, 4) is 0 Å². The van der Waals surface area contributed by atoms with Crippen molar-refractivity contribution >= 4 is 11.9 Å². The first-order chi connectivity index (χ1) is 13.5. The topological polar surface area (TPSA) is 58.6 Å². The first-order valence-corrected chi connectivity index (χ1v) is 9.77. The van der Waals surface area contributed by atoms with Gasteiger partial charge in [-0.1, -0.05) is 6.07 Å². The van der Waals surface area contributed by atoms with Gasteiger partial charge in [-0.25, -0.2) is 14.4 Å². The van der Waals surface area contributed by atoms with Gasteiger partial charge < -0.3 is 14.5 Å². The number of aromatic nitrogens is 2. The highest BCUT2D eigenvalue weighted by Crippen LogP contribution is 2.22. The van der Waals surface area contributed by atoms with Crippen LogP contribution in [0, 0.1) is 19.7 Å². The minimum Gasteiger partial charge on any atom is -0.378 e. The zero-order chi connectivity index (χ0) is 19.7. The zero-order valence-corrected chi connectivity index (χ0v) is 16.4. The van der Waals surface area contributed by atoms with Gasteiger partial charge >= 0.3 is 0 Å². The zero-order valence-electron chi connectivity index (χ0n) is 16.4. The standard InChI is InChI=1S/C21H25FN4O2/c1-14-3-4-16(13-18(14)22)20(27)25-7-5-17-15(2)23-21(24-19(17)6-8-25)26-9-11-28-12-10-26/h3-4,13H,5-12H2,1-2H3. The number of amides is 1. The molecule has 1 fully saturated rings. The number of aryl methyl sites for hydroxylation is 2. The molecule has 28 heavy (non-hydrogen) atoms. The van der Waals surface area contributed by atoms with Crippen LogP contribution in [0.1, 0.15) is 32.9 Å². The summed E-state index contributed by atoms with van der Waals surface area (Å²) in [6, 6.07) is 4.68. The Kier molecular flexibility index (Phi) is 5.26. The summed E-state index contributed by atoms with van der Waals surface area (Å²) < 4.78 is 19.3. The number of benzene rings is 1. The Balaban J connectivity index is 1.53. The van der Waals surface area contributed by atoms with Crippen molar-refractivity contribution < 1.29 is 13.9 Å². The Morgan fingerprint density at radius 2 is 1.82 bits per heavy atom. The average molecular weight is 384 g/mol. The highest BCUT2D eigenvalue weighted by atomic mass is 19.1. The number of halogens is 1. The third-order valence-corrected chi connectivity index (χ3v) is 5.54. The summed E-state index contributed by atoms with van der Waals surface area (Å²) in [6.07, 6.45) is 1.39. The number of carbonyl (C=O) groups is 1. The number of nitrogens with zero attached hydrogens (tertiary/aromatic N) is 4. The van der Waals surface area contributed by atoms with Crippen molar-refractivity contribution in [1.29, 1.82) is 0 Å². The van der Waals surface area contributed by atoms with Crippen LogP contribution in [0.15, 0.2) is 18.2 Å². The smallest absolute Gasteiger partial charge is 0.253 e. The van der Waals surface area contributed by atoms with Gasteiger partial charge in [-0.2, -0.15) is 0 Å². The second kappa shape index (κ2) is 7.83. The molecular formula is C21H25FN4O2. The number of anilines is 1. The molecule has 0 N–H and O–H groups in total. The summed E-state index contributed by atoms with van der Waals surface area (Å²) >= 11 is 0. The van der Waals surface area contributed by atoms with Gasteiger partial charge in [0, 0.05) is 43.9 Å². The quantitative estimate of drug-likeness (QED) is 0.795. The number of hydrogen-bond acceptors (Lipinski definition) is 5. The summed E-state index contributed by atoms with van der Waals surface area (Å²) in [5.41, 5.74) is 4.05. The van der Waals surface area contributed by atoms with Crippen LogP contribution in [0.5, 0.6) is 0 Å². The Labute approximate surface area is 164 Å². The van der Waals surface area contributed by atoms with Crippen LogP contribution in [0.3, 0.4) is 0 Å². The van der Waals surface area contributed by atoms with Gasteiger partial charge in [0.1, 0.15) is 5.82 Å². The molecule has 2 aliphatic rings. The lowest BCUT2D eigenvalue weighted by molar-refractivity contribution is 0.0762. The Bertz CT molecular complexity index is 896. The highest BCUT2D eigenvalue weighted by molar-refractivity contribution is 5.94. The van der Waals surface area contributed by atoms with Gasteiger partial charge in [-0.05, 0) is 43.5 Å². The minimum atomic E-state index is -0.346. The number of carbonyl (C=O) groups excluding carboxylic acids is 1. The average Bonchev–Trinajstić information content (AvgIpc) is 2.93. The maximum absolute atomic E-state index is 13.9. The van der Waals surface area contributed by atoms with E-state index >= 15 is 0 Å². The highest BCUT2D eigenvalue weighted by Gasteiger charge is 2.24. The molecule has 0 saturated carbocycles. The van der Waals surface area contributed by atoms with Crippen LogP contribution < -0.4 is 4.90 Å². The first kappa shape index (κ1) is 18.8. The Morgan fingerprint density at radius 3 is 2.57 bits per heavy atom. The summed E-state index contributed by atoms with van der Waals surface area (Å²) in [6.45, 7) is 7.83. The fourth-order valence-corrected chi connectivity index (χ4v) is 3.79. The third kappa shape index (κ3) is 3.71. The molecule has 1 amide bonds. The van der Waals surface area contributed by atoms with Crippen molar-refractivity contribution in [2.24, 2.45) is 0 Å². The number of hydrogen-bond donors (Lipinski definition) is 0. The van der Waals surface area contributed by atoms with Crippen LogP contribution >= 0.6 is 0 Å². The van der Waals surface area contributed by atoms with Crippen LogP contribution in [-0.2, 0) is 17.6 Å². The van der Waals surface area contributed by atoms with Gasteiger partial charge in [0.2, 0.25) is 5.95 Å². The van der Waals surface area contributed by atoms with E-state index < -0.39 is 0 Å². The molecule has 148 valence electrons. The van der Waals surface area contributed by atoms with E-state index in [1.165, 1.54) is 6.07 Å². The Hall–Kier alpha value is -2.54. The molecule has 2 aromatic rings. The molecule has 0 aliphatic carbocycles. The van der Waals surface area contributed by atoms with Crippen LogP contribution in [-0.4, -0.2) is 60.2 Å². The summed E-state index contributed by atoms with van der Waals surface area (Å²) in [4.78, 5) is 26.3. The lowest BCUT2D eigenvalue weighted by atomic mass is 10.1.